The Morgan fingerprint density at radius 2 is 2.21 bits per heavy atom. The number of halogens is 1. The van der Waals surface area contributed by atoms with Gasteiger partial charge >= 0.3 is 0 Å². The third-order valence-electron chi connectivity index (χ3n) is 3.16. The summed E-state index contributed by atoms with van der Waals surface area (Å²) in [6.45, 7) is 1.57. The van der Waals surface area contributed by atoms with Crippen molar-refractivity contribution in [3.8, 4) is 0 Å². The lowest BCUT2D eigenvalue weighted by molar-refractivity contribution is 0.112. The van der Waals surface area contributed by atoms with Crippen molar-refractivity contribution in [2.45, 2.75) is 13.1 Å². The molecule has 0 N–H and O–H groups in total. The fourth-order valence-electron chi connectivity index (χ4n) is 2.21. The molecule has 3 aromatic rings. The molecule has 0 aliphatic heterocycles. The Morgan fingerprint density at radius 1 is 1.32 bits per heavy atom. The molecule has 0 amide bonds. The molecule has 0 aliphatic rings. The fraction of sp³-hybridized carbons (Fsp3) is 0.143. The summed E-state index contributed by atoms with van der Waals surface area (Å²) in [5.41, 5.74) is 1.67. The van der Waals surface area contributed by atoms with Gasteiger partial charge in [-0.3, -0.25) is 4.79 Å². The number of hydrogen-bond donors (Lipinski definition) is 0. The molecule has 0 unspecified atom stereocenters. The number of benzene rings is 1. The van der Waals surface area contributed by atoms with Crippen molar-refractivity contribution in [3.05, 3.63) is 53.7 Å². The van der Waals surface area contributed by atoms with Gasteiger partial charge in [-0.05, 0) is 12.1 Å². The van der Waals surface area contributed by atoms with E-state index in [1.165, 1.54) is 0 Å². The van der Waals surface area contributed by atoms with E-state index in [0.717, 1.165) is 30.3 Å². The van der Waals surface area contributed by atoms with Crippen LogP contribution in [0.1, 0.15) is 10.4 Å². The maximum absolute atomic E-state index is 11.1. The molecule has 0 saturated carbocycles. The Labute approximate surface area is 115 Å². The summed E-state index contributed by atoms with van der Waals surface area (Å²) < 4.78 is 4.04. The maximum atomic E-state index is 11.1. The molecule has 0 radical (unpaired) electrons. The number of nitrogens with zero attached hydrogens (tertiary/aromatic N) is 3. The largest absolute Gasteiger partial charge is 0.345 e. The van der Waals surface area contributed by atoms with Crippen LogP contribution in [-0.4, -0.2) is 20.4 Å². The second kappa shape index (κ2) is 4.90. The van der Waals surface area contributed by atoms with Crippen LogP contribution in [0.25, 0.3) is 10.9 Å². The number of rotatable bonds is 4. The van der Waals surface area contributed by atoms with Crippen LogP contribution in [0, 0.1) is 0 Å². The molecule has 0 fully saturated rings. The van der Waals surface area contributed by atoms with Crippen molar-refractivity contribution >= 4 is 28.8 Å². The first-order chi connectivity index (χ1) is 9.28. The summed E-state index contributed by atoms with van der Waals surface area (Å²) in [4.78, 5) is 15.1. The Kier molecular flexibility index (Phi) is 3.09. The van der Waals surface area contributed by atoms with Gasteiger partial charge in [-0.25, -0.2) is 4.98 Å². The lowest BCUT2D eigenvalue weighted by Crippen LogP contribution is -2.04. The van der Waals surface area contributed by atoms with Crippen molar-refractivity contribution in [3.63, 3.8) is 0 Å². The number of fused-ring (bicyclic) bond motifs is 1. The van der Waals surface area contributed by atoms with E-state index < -0.39 is 0 Å². The third-order valence-corrected chi connectivity index (χ3v) is 3.40. The molecule has 96 valence electrons. The molecule has 3 rings (SSSR count). The van der Waals surface area contributed by atoms with E-state index in [2.05, 4.69) is 4.98 Å². The summed E-state index contributed by atoms with van der Waals surface area (Å²) in [7, 11) is 0. The highest BCUT2D eigenvalue weighted by molar-refractivity contribution is 6.31. The first-order valence-electron chi connectivity index (χ1n) is 5.97. The number of carbonyl (C=O) groups is 1. The summed E-state index contributed by atoms with van der Waals surface area (Å²) in [6.07, 6.45) is 8.19. The van der Waals surface area contributed by atoms with E-state index in [9.17, 15) is 4.79 Å². The second-order valence-corrected chi connectivity index (χ2v) is 4.79. The second-order valence-electron chi connectivity index (χ2n) is 4.36. The minimum Gasteiger partial charge on any atom is -0.345 e. The zero-order valence-electron chi connectivity index (χ0n) is 10.2. The van der Waals surface area contributed by atoms with Gasteiger partial charge in [0, 0.05) is 47.7 Å². The van der Waals surface area contributed by atoms with E-state index in [-0.39, 0.29) is 0 Å². The predicted molar refractivity (Wildman–Crippen MR) is 74.6 cm³/mol. The SMILES string of the molecule is O=Cc1cn(CCn2ccnc2)c2cc(Cl)ccc12. The molecule has 0 bridgehead atoms. The first kappa shape index (κ1) is 12.0. The minimum absolute atomic E-state index is 0.673. The first-order valence-corrected chi connectivity index (χ1v) is 6.35. The van der Waals surface area contributed by atoms with Crippen LogP contribution in [0.5, 0.6) is 0 Å². The number of hydrogen-bond acceptors (Lipinski definition) is 2. The van der Waals surface area contributed by atoms with E-state index in [1.54, 1.807) is 18.6 Å². The highest BCUT2D eigenvalue weighted by Gasteiger charge is 2.08. The topological polar surface area (TPSA) is 39.8 Å². The molecule has 0 spiro atoms. The van der Waals surface area contributed by atoms with Crippen LogP contribution < -0.4 is 0 Å². The molecule has 2 aromatic heterocycles. The molecule has 19 heavy (non-hydrogen) atoms. The summed E-state index contributed by atoms with van der Waals surface area (Å²) in [5, 5.41) is 1.61. The zero-order valence-corrected chi connectivity index (χ0v) is 10.9. The van der Waals surface area contributed by atoms with Gasteiger partial charge in [-0.15, -0.1) is 0 Å². The quantitative estimate of drug-likeness (QED) is 0.686. The Bertz CT molecular complexity index is 716. The number of aromatic nitrogens is 3. The highest BCUT2D eigenvalue weighted by Crippen LogP contribution is 2.24. The van der Waals surface area contributed by atoms with Crippen LogP contribution in [0.2, 0.25) is 5.02 Å². The van der Waals surface area contributed by atoms with Gasteiger partial charge in [0.1, 0.15) is 0 Å². The van der Waals surface area contributed by atoms with Crippen molar-refractivity contribution in [2.24, 2.45) is 0 Å². The Morgan fingerprint density at radius 3 is 2.95 bits per heavy atom. The number of aldehydes is 1. The smallest absolute Gasteiger partial charge is 0.152 e. The van der Waals surface area contributed by atoms with Crippen LogP contribution in [0.3, 0.4) is 0 Å². The fourth-order valence-corrected chi connectivity index (χ4v) is 2.38. The normalized spacial score (nSPS) is 11.0. The highest BCUT2D eigenvalue weighted by atomic mass is 35.5. The molecular weight excluding hydrogens is 262 g/mol. The Balaban J connectivity index is 1.98. The van der Waals surface area contributed by atoms with Gasteiger partial charge in [-0.1, -0.05) is 17.7 Å². The zero-order chi connectivity index (χ0) is 13.2. The molecule has 1 aromatic carbocycles. The average Bonchev–Trinajstić information content (AvgIpc) is 3.03. The lowest BCUT2D eigenvalue weighted by Gasteiger charge is -2.06. The molecule has 4 nitrogen and oxygen atoms in total. The summed E-state index contributed by atoms with van der Waals surface area (Å²) in [6, 6.07) is 5.57. The molecule has 2 heterocycles. The van der Waals surface area contributed by atoms with E-state index in [1.807, 2.05) is 33.7 Å². The minimum atomic E-state index is 0.673. The van der Waals surface area contributed by atoms with Gasteiger partial charge in [-0.2, -0.15) is 0 Å². The molecular formula is C14H12ClN3O. The van der Waals surface area contributed by atoms with Gasteiger partial charge < -0.3 is 9.13 Å². The number of aryl methyl sites for hydroxylation is 2. The van der Waals surface area contributed by atoms with Crippen molar-refractivity contribution < 1.29 is 4.79 Å². The maximum Gasteiger partial charge on any atom is 0.152 e. The molecule has 0 aliphatic carbocycles. The average molecular weight is 274 g/mol. The molecule has 0 atom stereocenters. The monoisotopic (exact) mass is 273 g/mol. The third kappa shape index (κ3) is 2.27. The van der Waals surface area contributed by atoms with Gasteiger partial charge in [0.05, 0.1) is 11.8 Å². The van der Waals surface area contributed by atoms with Crippen LogP contribution in [-0.2, 0) is 13.1 Å². The molecule has 5 heteroatoms. The summed E-state index contributed by atoms with van der Waals surface area (Å²) >= 11 is 6.03. The lowest BCUT2D eigenvalue weighted by atomic mass is 10.2. The van der Waals surface area contributed by atoms with Crippen molar-refractivity contribution in [1.82, 2.24) is 14.1 Å². The van der Waals surface area contributed by atoms with Gasteiger partial charge in [0.25, 0.3) is 0 Å². The predicted octanol–water partition coefficient (Wildman–Crippen LogP) is 3.00. The van der Waals surface area contributed by atoms with Crippen LogP contribution in [0.15, 0.2) is 43.1 Å². The van der Waals surface area contributed by atoms with E-state index in [0.29, 0.717) is 10.6 Å². The van der Waals surface area contributed by atoms with Gasteiger partial charge in [0.15, 0.2) is 6.29 Å². The van der Waals surface area contributed by atoms with Gasteiger partial charge in [0.2, 0.25) is 0 Å². The standard InChI is InChI=1S/C14H12ClN3O/c15-12-1-2-13-11(9-19)8-18(14(13)7-12)6-5-17-4-3-16-10-17/h1-4,7-10H,5-6H2. The van der Waals surface area contributed by atoms with Crippen LogP contribution >= 0.6 is 11.6 Å². The van der Waals surface area contributed by atoms with E-state index >= 15 is 0 Å². The number of imidazole rings is 1. The van der Waals surface area contributed by atoms with E-state index in [4.69, 9.17) is 11.6 Å². The van der Waals surface area contributed by atoms with Crippen molar-refractivity contribution in [2.75, 3.05) is 0 Å². The van der Waals surface area contributed by atoms with Crippen molar-refractivity contribution in [1.29, 1.82) is 0 Å². The Hall–Kier alpha value is -2.07. The molecule has 0 saturated heterocycles. The summed E-state index contributed by atoms with van der Waals surface area (Å²) in [5.74, 6) is 0. The number of carbonyl (C=O) groups excluding carboxylic acids is 1. The van der Waals surface area contributed by atoms with Crippen LogP contribution in [0.4, 0.5) is 0 Å².